The molecule has 0 amide bonds. The second kappa shape index (κ2) is 17.9. The smallest absolute Gasteiger partial charge is 0.203 e. The topological polar surface area (TPSA) is 87.6 Å². The Labute approximate surface area is 285 Å². The number of anilines is 2. The summed E-state index contributed by atoms with van der Waals surface area (Å²) in [6, 6.07) is 16.1. The summed E-state index contributed by atoms with van der Waals surface area (Å²) >= 11 is 0. The lowest BCUT2D eigenvalue weighted by molar-refractivity contribution is 0.261. The van der Waals surface area contributed by atoms with Gasteiger partial charge in [0.25, 0.3) is 0 Å². The molecule has 258 valence electrons. The first-order chi connectivity index (χ1) is 23.4. The summed E-state index contributed by atoms with van der Waals surface area (Å²) in [6.45, 7) is 16.4. The zero-order valence-corrected chi connectivity index (χ0v) is 29.7. The highest BCUT2D eigenvalue weighted by atomic mass is 16.5. The van der Waals surface area contributed by atoms with Crippen LogP contribution >= 0.6 is 0 Å². The molecule has 0 unspecified atom stereocenters. The van der Waals surface area contributed by atoms with Gasteiger partial charge in [-0.15, -0.1) is 0 Å². The normalized spacial score (nSPS) is 10.8. The summed E-state index contributed by atoms with van der Waals surface area (Å²) in [4.78, 5) is 13.9. The summed E-state index contributed by atoms with van der Waals surface area (Å²) in [5.74, 6) is 3.85. The minimum Gasteiger partial charge on any atom is -0.490 e. The second-order valence-electron chi connectivity index (χ2n) is 10.8. The number of hydrogen-bond acceptors (Lipinski definition) is 10. The third-order valence-corrected chi connectivity index (χ3v) is 7.56. The zero-order chi connectivity index (χ0) is 34.5. The zero-order valence-electron chi connectivity index (χ0n) is 29.7. The quantitative estimate of drug-likeness (QED) is 0.0996. The van der Waals surface area contributed by atoms with Crippen LogP contribution in [0.1, 0.15) is 41.5 Å². The van der Waals surface area contributed by atoms with Gasteiger partial charge in [-0.1, -0.05) is 0 Å². The molecule has 2 aromatic carbocycles. The average molecular weight is 659 g/mol. The molecular formula is C38H50N4O6. The monoisotopic (exact) mass is 658 g/mol. The van der Waals surface area contributed by atoms with Crippen molar-refractivity contribution in [2.45, 2.75) is 41.5 Å². The van der Waals surface area contributed by atoms with Gasteiger partial charge in [0.15, 0.2) is 23.0 Å². The molecule has 2 aromatic heterocycles. The predicted molar refractivity (Wildman–Crippen MR) is 193 cm³/mol. The van der Waals surface area contributed by atoms with Crippen LogP contribution in [0.2, 0.25) is 0 Å². The Hall–Kier alpha value is -4.86. The molecule has 10 nitrogen and oxygen atoms in total. The minimum atomic E-state index is 0.519. The summed E-state index contributed by atoms with van der Waals surface area (Å²) < 4.78 is 35.3. The fourth-order valence-electron chi connectivity index (χ4n) is 5.20. The number of likely N-dealkylation sites (N-methyl/N-ethyl adjacent to an activating group) is 2. The number of pyridine rings is 2. The van der Waals surface area contributed by atoms with Crippen LogP contribution in [0.3, 0.4) is 0 Å². The van der Waals surface area contributed by atoms with Crippen LogP contribution in [0.5, 0.6) is 34.5 Å². The Morgan fingerprint density at radius 2 is 0.771 bits per heavy atom. The van der Waals surface area contributed by atoms with Crippen molar-refractivity contribution >= 4 is 11.4 Å². The van der Waals surface area contributed by atoms with Gasteiger partial charge in [-0.3, -0.25) is 9.97 Å². The number of hydrogen-bond donors (Lipinski definition) is 0. The van der Waals surface area contributed by atoms with Gasteiger partial charge >= 0.3 is 0 Å². The Morgan fingerprint density at radius 1 is 0.458 bits per heavy atom. The lowest BCUT2D eigenvalue weighted by atomic mass is 10.1. The van der Waals surface area contributed by atoms with Gasteiger partial charge in [0, 0.05) is 38.3 Å². The molecule has 4 aromatic rings. The van der Waals surface area contributed by atoms with E-state index >= 15 is 0 Å². The van der Waals surface area contributed by atoms with Crippen LogP contribution in [0.4, 0.5) is 11.4 Å². The lowest BCUT2D eigenvalue weighted by Crippen LogP contribution is -2.30. The minimum absolute atomic E-state index is 0.519. The molecule has 0 aliphatic heterocycles. The highest BCUT2D eigenvalue weighted by molar-refractivity contribution is 5.71. The van der Waals surface area contributed by atoms with Gasteiger partial charge in [0.2, 0.25) is 11.5 Å². The molecule has 0 aliphatic rings. The van der Waals surface area contributed by atoms with E-state index in [0.29, 0.717) is 74.1 Å². The van der Waals surface area contributed by atoms with E-state index in [0.717, 1.165) is 47.0 Å². The van der Waals surface area contributed by atoms with Crippen molar-refractivity contribution in [1.82, 2.24) is 9.97 Å². The van der Waals surface area contributed by atoms with Crippen molar-refractivity contribution in [1.29, 1.82) is 0 Å². The molecule has 0 aliphatic carbocycles. The van der Waals surface area contributed by atoms with Gasteiger partial charge in [-0.05, 0) is 90.1 Å². The van der Waals surface area contributed by atoms with Gasteiger partial charge in [0.05, 0.1) is 74.8 Å². The van der Waals surface area contributed by atoms with E-state index in [1.165, 1.54) is 0 Å². The van der Waals surface area contributed by atoms with E-state index < -0.39 is 0 Å². The van der Waals surface area contributed by atoms with E-state index in [4.69, 9.17) is 38.4 Å². The van der Waals surface area contributed by atoms with Crippen molar-refractivity contribution in [3.05, 3.63) is 60.9 Å². The average Bonchev–Trinajstić information content (AvgIpc) is 3.10. The molecule has 0 radical (unpaired) electrons. The van der Waals surface area contributed by atoms with Crippen molar-refractivity contribution in [3.63, 3.8) is 0 Å². The van der Waals surface area contributed by atoms with E-state index in [2.05, 4.69) is 36.0 Å². The maximum atomic E-state index is 5.90. The summed E-state index contributed by atoms with van der Waals surface area (Å²) in [7, 11) is 4.14. The second-order valence-corrected chi connectivity index (χ2v) is 10.8. The highest BCUT2D eigenvalue weighted by Gasteiger charge is 2.18. The largest absolute Gasteiger partial charge is 0.490 e. The van der Waals surface area contributed by atoms with Crippen LogP contribution in [0.15, 0.2) is 60.9 Å². The summed E-state index contributed by atoms with van der Waals surface area (Å²) in [6.07, 6.45) is 3.79. The fraction of sp³-hybridized carbons (Fsp3) is 0.421. The molecule has 0 atom stereocenters. The molecule has 10 heteroatoms. The van der Waals surface area contributed by atoms with Crippen molar-refractivity contribution in [2.75, 3.05) is 76.6 Å². The van der Waals surface area contributed by atoms with E-state index in [9.17, 15) is 0 Å². The molecule has 48 heavy (non-hydrogen) atoms. The molecule has 0 spiro atoms. The van der Waals surface area contributed by atoms with Gasteiger partial charge < -0.3 is 38.2 Å². The molecule has 0 bridgehead atoms. The van der Waals surface area contributed by atoms with E-state index in [1.807, 2.05) is 90.3 Å². The Balaban J connectivity index is 1.43. The Bertz CT molecular complexity index is 1410. The lowest BCUT2D eigenvalue weighted by Gasteiger charge is -2.25. The van der Waals surface area contributed by atoms with Crippen LogP contribution in [0.25, 0.3) is 22.5 Å². The molecule has 0 fully saturated rings. The first kappa shape index (κ1) is 36.0. The maximum absolute atomic E-state index is 5.90. The SMILES string of the molecule is CCOc1cc(-c2ccc(N(C)CCN(C)c3ccc(-c4cc(OCC)c(OCC)c(OCC)c4)nc3)cn2)cc(OCC)c1OCC. The number of nitrogens with zero attached hydrogens (tertiary/aromatic N) is 4. The maximum Gasteiger partial charge on any atom is 0.203 e. The standard InChI is InChI=1S/C38H50N4O6/c1-9-43-33-21-27(22-34(44-10-2)37(33)47-13-5)31-17-15-29(25-39-31)41(7)19-20-42(8)30-16-18-32(40-26-30)28-23-35(45-11-3)38(48-14-6)36(24-28)46-12-4/h15-18,21-26H,9-14,19-20H2,1-8H3. The number of aromatic nitrogens is 2. The predicted octanol–water partition coefficient (Wildman–Crippen LogP) is 7.78. The Morgan fingerprint density at radius 3 is 1.02 bits per heavy atom. The van der Waals surface area contributed by atoms with Crippen LogP contribution in [-0.4, -0.2) is 76.8 Å². The first-order valence-electron chi connectivity index (χ1n) is 16.8. The van der Waals surface area contributed by atoms with E-state index in [1.54, 1.807) is 0 Å². The van der Waals surface area contributed by atoms with Gasteiger partial charge in [-0.2, -0.15) is 0 Å². The van der Waals surface area contributed by atoms with Gasteiger partial charge in [0.1, 0.15) is 0 Å². The van der Waals surface area contributed by atoms with Crippen LogP contribution in [-0.2, 0) is 0 Å². The summed E-state index contributed by atoms with van der Waals surface area (Å²) in [5.41, 5.74) is 5.51. The van der Waals surface area contributed by atoms with Crippen LogP contribution < -0.4 is 38.2 Å². The molecular weight excluding hydrogens is 608 g/mol. The fourth-order valence-corrected chi connectivity index (χ4v) is 5.20. The molecule has 0 saturated heterocycles. The Kier molecular flexibility index (Phi) is 13.4. The first-order valence-corrected chi connectivity index (χ1v) is 16.8. The summed E-state index contributed by atoms with van der Waals surface area (Å²) in [5, 5.41) is 0. The molecule has 4 rings (SSSR count). The number of benzene rings is 2. The molecule has 0 saturated carbocycles. The van der Waals surface area contributed by atoms with Crippen molar-refractivity contribution in [2.24, 2.45) is 0 Å². The van der Waals surface area contributed by atoms with Crippen molar-refractivity contribution in [3.8, 4) is 57.0 Å². The molecule has 2 heterocycles. The van der Waals surface area contributed by atoms with Crippen LogP contribution in [0, 0.1) is 0 Å². The van der Waals surface area contributed by atoms with E-state index in [-0.39, 0.29) is 0 Å². The number of rotatable bonds is 19. The third kappa shape index (κ3) is 8.93. The third-order valence-electron chi connectivity index (χ3n) is 7.56. The number of ether oxygens (including phenoxy) is 6. The van der Waals surface area contributed by atoms with Crippen molar-refractivity contribution < 1.29 is 28.4 Å². The van der Waals surface area contributed by atoms with Gasteiger partial charge in [-0.25, -0.2) is 0 Å². The highest BCUT2D eigenvalue weighted by Crippen LogP contribution is 2.43. The molecule has 0 N–H and O–H groups in total.